The zero-order valence-electron chi connectivity index (χ0n) is 13.9. The number of alkyl halides is 3. The highest BCUT2D eigenvalue weighted by Crippen LogP contribution is 2.25. The van der Waals surface area contributed by atoms with Crippen molar-refractivity contribution < 1.29 is 23.1 Å². The Labute approximate surface area is 133 Å². The Morgan fingerprint density at radius 1 is 1.39 bits per heavy atom. The molecule has 132 valence electrons. The van der Waals surface area contributed by atoms with E-state index in [0.29, 0.717) is 17.0 Å². The lowest BCUT2D eigenvalue weighted by Crippen LogP contribution is -2.41. The molecular weight excluding hydrogens is 313 g/mol. The lowest BCUT2D eigenvalue weighted by atomic mass is 10.1. The molecule has 0 aliphatic heterocycles. The number of hydrogen-bond acceptors (Lipinski definition) is 3. The fourth-order valence-corrected chi connectivity index (χ4v) is 2.51. The van der Waals surface area contributed by atoms with Crippen LogP contribution in [0, 0.1) is 13.8 Å². The maximum Gasteiger partial charge on any atom is 0.408 e. The highest BCUT2D eigenvalue weighted by atomic mass is 19.4. The highest BCUT2D eigenvalue weighted by molar-refractivity contribution is 5.74. The molecule has 0 bridgehead atoms. The van der Waals surface area contributed by atoms with E-state index in [-0.39, 0.29) is 6.54 Å². The number of likely N-dealkylation sites (N-methyl/N-ethyl adjacent to an activating group) is 1. The molecule has 0 spiro atoms. The van der Waals surface area contributed by atoms with Crippen LogP contribution in [0.2, 0.25) is 0 Å². The van der Waals surface area contributed by atoms with Crippen molar-refractivity contribution in [1.82, 2.24) is 20.0 Å². The molecule has 1 aromatic rings. The third-order valence-electron chi connectivity index (χ3n) is 3.42. The Balaban J connectivity index is 2.88. The standard InChI is InChI=1S/C14H23F3N4O2/c1-8(22)6-20(5)13(23)18-9(2)12-10(3)19-21(11(12)4)7-14(15,16)17/h8-9,22H,6-7H2,1-5H3,(H,18,23)/t8-,9-/m0/s1. The molecule has 2 amide bonds. The molecule has 0 fully saturated rings. The van der Waals surface area contributed by atoms with E-state index in [1.807, 2.05) is 0 Å². The first-order valence-corrected chi connectivity index (χ1v) is 7.22. The Bertz CT molecular complexity index is 555. The van der Waals surface area contributed by atoms with Gasteiger partial charge in [-0.25, -0.2) is 4.79 Å². The molecule has 0 saturated carbocycles. The monoisotopic (exact) mass is 336 g/mol. The van der Waals surface area contributed by atoms with Gasteiger partial charge in [0.25, 0.3) is 0 Å². The first-order valence-electron chi connectivity index (χ1n) is 7.22. The Hall–Kier alpha value is -1.77. The summed E-state index contributed by atoms with van der Waals surface area (Å²) < 4.78 is 38.5. The van der Waals surface area contributed by atoms with Gasteiger partial charge in [-0.3, -0.25) is 4.68 Å². The number of carbonyl (C=O) groups excluding carboxylic acids is 1. The van der Waals surface area contributed by atoms with Gasteiger partial charge in [-0.05, 0) is 27.7 Å². The number of hydrogen-bond donors (Lipinski definition) is 2. The van der Waals surface area contributed by atoms with Crippen LogP contribution in [0.1, 0.15) is 36.8 Å². The normalized spacial score (nSPS) is 14.5. The van der Waals surface area contributed by atoms with Crippen molar-refractivity contribution in [3.05, 3.63) is 17.0 Å². The molecule has 1 heterocycles. The zero-order valence-corrected chi connectivity index (χ0v) is 13.9. The lowest BCUT2D eigenvalue weighted by molar-refractivity contribution is -0.143. The fraction of sp³-hybridized carbons (Fsp3) is 0.714. The van der Waals surface area contributed by atoms with Crippen LogP contribution in [-0.4, -0.2) is 51.7 Å². The van der Waals surface area contributed by atoms with Crippen LogP contribution in [0.15, 0.2) is 0 Å². The third-order valence-corrected chi connectivity index (χ3v) is 3.42. The predicted octanol–water partition coefficient (Wildman–Crippen LogP) is 2.15. The van der Waals surface area contributed by atoms with Crippen LogP contribution in [0.5, 0.6) is 0 Å². The number of urea groups is 1. The summed E-state index contributed by atoms with van der Waals surface area (Å²) in [6, 6.07) is -0.915. The van der Waals surface area contributed by atoms with E-state index < -0.39 is 30.9 Å². The second kappa shape index (κ2) is 7.20. The largest absolute Gasteiger partial charge is 0.408 e. The molecule has 9 heteroatoms. The van der Waals surface area contributed by atoms with E-state index in [2.05, 4.69) is 10.4 Å². The fourth-order valence-electron chi connectivity index (χ4n) is 2.51. The van der Waals surface area contributed by atoms with Gasteiger partial charge in [0.15, 0.2) is 0 Å². The van der Waals surface area contributed by atoms with Crippen molar-refractivity contribution in [2.24, 2.45) is 0 Å². The number of halogens is 3. The minimum atomic E-state index is -4.36. The highest BCUT2D eigenvalue weighted by Gasteiger charge is 2.31. The molecule has 6 nitrogen and oxygen atoms in total. The molecular formula is C14H23F3N4O2. The smallest absolute Gasteiger partial charge is 0.392 e. The van der Waals surface area contributed by atoms with E-state index in [4.69, 9.17) is 0 Å². The van der Waals surface area contributed by atoms with Crippen LogP contribution in [-0.2, 0) is 6.54 Å². The quantitative estimate of drug-likeness (QED) is 0.865. The molecule has 0 aliphatic rings. The minimum Gasteiger partial charge on any atom is -0.392 e. The first kappa shape index (κ1) is 19.3. The lowest BCUT2D eigenvalue weighted by Gasteiger charge is -2.22. The van der Waals surface area contributed by atoms with E-state index in [1.54, 1.807) is 27.7 Å². The molecule has 0 aliphatic carbocycles. The molecule has 0 unspecified atom stereocenters. The third kappa shape index (κ3) is 5.42. The number of aryl methyl sites for hydroxylation is 1. The SMILES string of the molecule is Cc1nn(CC(F)(F)F)c(C)c1[C@H](C)NC(=O)N(C)C[C@H](C)O. The average Bonchev–Trinajstić information content (AvgIpc) is 2.61. The van der Waals surface area contributed by atoms with Crippen molar-refractivity contribution in [3.8, 4) is 0 Å². The topological polar surface area (TPSA) is 70.4 Å². The van der Waals surface area contributed by atoms with Gasteiger partial charge in [0.2, 0.25) is 0 Å². The number of nitrogens with one attached hydrogen (secondary N) is 1. The molecule has 2 N–H and O–H groups in total. The predicted molar refractivity (Wildman–Crippen MR) is 79.0 cm³/mol. The summed E-state index contributed by atoms with van der Waals surface area (Å²) in [6.07, 6.45) is -5.02. The maximum atomic E-state index is 12.5. The number of carbonyl (C=O) groups is 1. The van der Waals surface area contributed by atoms with Gasteiger partial charge in [-0.2, -0.15) is 18.3 Å². The number of rotatable bonds is 5. The molecule has 0 aromatic carbocycles. The summed E-state index contributed by atoms with van der Waals surface area (Å²) in [6.45, 7) is 5.39. The van der Waals surface area contributed by atoms with E-state index in [0.717, 1.165) is 4.68 Å². The second-order valence-corrected chi connectivity index (χ2v) is 5.76. The second-order valence-electron chi connectivity index (χ2n) is 5.76. The number of aromatic nitrogens is 2. The van der Waals surface area contributed by atoms with Crippen molar-refractivity contribution in [3.63, 3.8) is 0 Å². The molecule has 0 saturated heterocycles. The summed E-state index contributed by atoms with van der Waals surface area (Å²) in [5, 5.41) is 15.9. The van der Waals surface area contributed by atoms with Gasteiger partial charge < -0.3 is 15.3 Å². The van der Waals surface area contributed by atoms with Crippen LogP contribution in [0.3, 0.4) is 0 Å². The summed E-state index contributed by atoms with van der Waals surface area (Å²) in [5.74, 6) is 0. The maximum absolute atomic E-state index is 12.5. The van der Waals surface area contributed by atoms with Crippen LogP contribution in [0.25, 0.3) is 0 Å². The number of amides is 2. The van der Waals surface area contributed by atoms with Gasteiger partial charge >= 0.3 is 12.2 Å². The minimum absolute atomic E-state index is 0.157. The summed E-state index contributed by atoms with van der Waals surface area (Å²) in [5.41, 5.74) is 1.37. The molecule has 2 atom stereocenters. The summed E-state index contributed by atoms with van der Waals surface area (Å²) in [7, 11) is 1.53. The number of aliphatic hydroxyl groups excluding tert-OH is 1. The van der Waals surface area contributed by atoms with Crippen molar-refractivity contribution in [1.29, 1.82) is 0 Å². The average molecular weight is 336 g/mol. The van der Waals surface area contributed by atoms with Crippen molar-refractivity contribution in [2.45, 2.75) is 52.6 Å². The van der Waals surface area contributed by atoms with Gasteiger partial charge in [-0.1, -0.05) is 0 Å². The van der Waals surface area contributed by atoms with Crippen LogP contribution in [0.4, 0.5) is 18.0 Å². The van der Waals surface area contributed by atoms with Gasteiger partial charge in [0.05, 0.1) is 17.8 Å². The van der Waals surface area contributed by atoms with E-state index >= 15 is 0 Å². The van der Waals surface area contributed by atoms with Gasteiger partial charge in [-0.15, -0.1) is 0 Å². The summed E-state index contributed by atoms with van der Waals surface area (Å²) in [4.78, 5) is 13.3. The van der Waals surface area contributed by atoms with Crippen LogP contribution < -0.4 is 5.32 Å². The molecule has 23 heavy (non-hydrogen) atoms. The van der Waals surface area contributed by atoms with Crippen molar-refractivity contribution >= 4 is 6.03 Å². The van der Waals surface area contributed by atoms with Gasteiger partial charge in [0.1, 0.15) is 6.54 Å². The molecule has 1 rings (SSSR count). The summed E-state index contributed by atoms with van der Waals surface area (Å²) >= 11 is 0. The molecule has 1 aromatic heterocycles. The number of aliphatic hydroxyl groups is 1. The zero-order chi connectivity index (χ0) is 17.9. The Morgan fingerprint density at radius 3 is 2.43 bits per heavy atom. The molecule has 0 radical (unpaired) electrons. The van der Waals surface area contributed by atoms with E-state index in [1.165, 1.54) is 11.9 Å². The first-order chi connectivity index (χ1) is 10.4. The van der Waals surface area contributed by atoms with Crippen LogP contribution >= 0.6 is 0 Å². The van der Waals surface area contributed by atoms with E-state index in [9.17, 15) is 23.1 Å². The Kier molecular flexibility index (Phi) is 6.04. The Morgan fingerprint density at radius 2 is 1.96 bits per heavy atom. The van der Waals surface area contributed by atoms with Crippen molar-refractivity contribution in [2.75, 3.05) is 13.6 Å². The number of nitrogens with zero attached hydrogens (tertiary/aromatic N) is 3. The van der Waals surface area contributed by atoms with Gasteiger partial charge in [0, 0.05) is 24.8 Å².